The van der Waals surface area contributed by atoms with Crippen LogP contribution in [0.25, 0.3) is 0 Å². The molecular weight excluding hydrogens is 228 g/mol. The molecule has 1 aromatic carbocycles. The van der Waals surface area contributed by atoms with Crippen molar-refractivity contribution in [2.75, 3.05) is 13.7 Å². The summed E-state index contributed by atoms with van der Waals surface area (Å²) in [6.45, 7) is 8.29. The fourth-order valence-electron chi connectivity index (χ4n) is 2.03. The van der Waals surface area contributed by atoms with E-state index in [9.17, 15) is 4.79 Å². The lowest BCUT2D eigenvalue weighted by atomic mass is 9.97. The van der Waals surface area contributed by atoms with Crippen LogP contribution in [0, 0.1) is 13.8 Å². The van der Waals surface area contributed by atoms with Crippen molar-refractivity contribution in [3.05, 3.63) is 28.8 Å². The van der Waals surface area contributed by atoms with Gasteiger partial charge in [0.05, 0.1) is 7.11 Å². The second-order valence-electron chi connectivity index (χ2n) is 4.35. The highest BCUT2D eigenvalue weighted by Crippen LogP contribution is 2.24. The van der Waals surface area contributed by atoms with Crippen molar-refractivity contribution >= 4 is 5.78 Å². The molecule has 0 aromatic heterocycles. The number of Topliss-reactive ketones (excluding diaryl/α,β-unsaturated/α-hetero) is 1. The van der Waals surface area contributed by atoms with E-state index in [4.69, 9.17) is 9.47 Å². The molecule has 1 aromatic rings. The number of carbonyl (C=O) groups is 1. The molecule has 1 rings (SSSR count). The normalized spacial score (nSPS) is 12.3. The molecule has 1 atom stereocenters. The minimum absolute atomic E-state index is 0.0580. The van der Waals surface area contributed by atoms with E-state index in [1.54, 1.807) is 7.11 Å². The van der Waals surface area contributed by atoms with Gasteiger partial charge in [0.1, 0.15) is 11.9 Å². The van der Waals surface area contributed by atoms with Crippen LogP contribution in [-0.2, 0) is 4.74 Å². The molecule has 1 unspecified atom stereocenters. The van der Waals surface area contributed by atoms with Gasteiger partial charge in [-0.3, -0.25) is 4.79 Å². The smallest absolute Gasteiger partial charge is 0.191 e. The molecule has 0 fully saturated rings. The maximum absolute atomic E-state index is 12.4. The third-order valence-corrected chi connectivity index (χ3v) is 3.04. The number of methoxy groups -OCH3 is 1. The van der Waals surface area contributed by atoms with E-state index >= 15 is 0 Å². The molecule has 0 aliphatic rings. The Morgan fingerprint density at radius 3 is 2.39 bits per heavy atom. The summed E-state index contributed by atoms with van der Waals surface area (Å²) in [5.41, 5.74) is 2.63. The Bertz CT molecular complexity index is 424. The first-order chi connectivity index (χ1) is 8.54. The molecule has 3 nitrogen and oxygen atoms in total. The van der Waals surface area contributed by atoms with Crippen LogP contribution in [0.1, 0.15) is 41.8 Å². The number of rotatable bonds is 6. The highest BCUT2D eigenvalue weighted by Gasteiger charge is 2.21. The van der Waals surface area contributed by atoms with Crippen molar-refractivity contribution < 1.29 is 14.3 Å². The maximum Gasteiger partial charge on any atom is 0.191 e. The standard InChI is InChI=1S/C15H22O3/c1-6-13(18-7-2)15(16)12-8-11(4)14(17-5)9-10(12)3/h8-9,13H,6-7H2,1-5H3. The second kappa shape index (κ2) is 6.55. The molecule has 0 heterocycles. The fraction of sp³-hybridized carbons (Fsp3) is 0.533. The van der Waals surface area contributed by atoms with E-state index < -0.39 is 0 Å². The summed E-state index contributed by atoms with van der Waals surface area (Å²) >= 11 is 0. The molecule has 18 heavy (non-hydrogen) atoms. The van der Waals surface area contributed by atoms with Gasteiger partial charge in [0.2, 0.25) is 0 Å². The number of ketones is 1. The molecule has 0 saturated carbocycles. The lowest BCUT2D eigenvalue weighted by Gasteiger charge is -2.16. The average Bonchev–Trinajstić information content (AvgIpc) is 2.37. The van der Waals surface area contributed by atoms with Crippen LogP contribution in [0.2, 0.25) is 0 Å². The first kappa shape index (κ1) is 14.7. The van der Waals surface area contributed by atoms with E-state index in [0.29, 0.717) is 13.0 Å². The van der Waals surface area contributed by atoms with Crippen LogP contribution in [0.15, 0.2) is 12.1 Å². The van der Waals surface area contributed by atoms with Gasteiger partial charge in [0, 0.05) is 12.2 Å². The molecular formula is C15H22O3. The van der Waals surface area contributed by atoms with Gasteiger partial charge in [-0.15, -0.1) is 0 Å². The summed E-state index contributed by atoms with van der Waals surface area (Å²) in [5.74, 6) is 0.871. The largest absolute Gasteiger partial charge is 0.496 e. The third-order valence-electron chi connectivity index (χ3n) is 3.04. The Morgan fingerprint density at radius 1 is 1.22 bits per heavy atom. The second-order valence-corrected chi connectivity index (χ2v) is 4.35. The summed E-state index contributed by atoms with van der Waals surface area (Å²) in [6.07, 6.45) is 0.346. The van der Waals surface area contributed by atoms with Crippen LogP contribution in [0.4, 0.5) is 0 Å². The first-order valence-electron chi connectivity index (χ1n) is 6.36. The van der Waals surface area contributed by atoms with Crippen LogP contribution < -0.4 is 4.74 Å². The minimum Gasteiger partial charge on any atom is -0.496 e. The van der Waals surface area contributed by atoms with Crippen molar-refractivity contribution in [3.8, 4) is 5.75 Å². The SMILES string of the molecule is CCOC(CC)C(=O)c1cc(C)c(OC)cc1C. The Hall–Kier alpha value is -1.35. The fourth-order valence-corrected chi connectivity index (χ4v) is 2.03. The van der Waals surface area contributed by atoms with E-state index in [1.807, 2.05) is 39.8 Å². The number of aryl methyl sites for hydroxylation is 2. The van der Waals surface area contributed by atoms with Gasteiger partial charge >= 0.3 is 0 Å². The molecule has 3 heteroatoms. The maximum atomic E-state index is 12.4. The van der Waals surface area contributed by atoms with Crippen molar-refractivity contribution in [1.29, 1.82) is 0 Å². The van der Waals surface area contributed by atoms with Gasteiger partial charge in [-0.25, -0.2) is 0 Å². The number of benzene rings is 1. The topological polar surface area (TPSA) is 35.5 Å². The molecule has 0 spiro atoms. The zero-order chi connectivity index (χ0) is 13.7. The average molecular weight is 250 g/mol. The Kier molecular flexibility index (Phi) is 5.35. The van der Waals surface area contributed by atoms with E-state index in [-0.39, 0.29) is 11.9 Å². The number of ether oxygens (including phenoxy) is 2. The molecule has 0 saturated heterocycles. The quantitative estimate of drug-likeness (QED) is 0.727. The van der Waals surface area contributed by atoms with Gasteiger partial charge < -0.3 is 9.47 Å². The Labute approximate surface area is 109 Å². The van der Waals surface area contributed by atoms with Gasteiger partial charge in [-0.05, 0) is 50.5 Å². The molecule has 0 aliphatic carbocycles. The summed E-state index contributed by atoms with van der Waals surface area (Å²) in [4.78, 5) is 12.4. The molecule has 0 aliphatic heterocycles. The predicted molar refractivity (Wildman–Crippen MR) is 72.5 cm³/mol. The number of carbonyl (C=O) groups excluding carboxylic acids is 1. The van der Waals surface area contributed by atoms with Gasteiger partial charge in [-0.1, -0.05) is 6.92 Å². The van der Waals surface area contributed by atoms with Crippen molar-refractivity contribution in [3.63, 3.8) is 0 Å². The number of hydrogen-bond acceptors (Lipinski definition) is 3. The highest BCUT2D eigenvalue weighted by atomic mass is 16.5. The van der Waals surface area contributed by atoms with E-state index in [0.717, 1.165) is 22.4 Å². The van der Waals surface area contributed by atoms with Crippen LogP contribution >= 0.6 is 0 Å². The van der Waals surface area contributed by atoms with Crippen LogP contribution in [-0.4, -0.2) is 25.6 Å². The lowest BCUT2D eigenvalue weighted by Crippen LogP contribution is -2.24. The molecule has 0 bridgehead atoms. The predicted octanol–water partition coefficient (Wildman–Crippen LogP) is 3.31. The van der Waals surface area contributed by atoms with E-state index in [1.165, 1.54) is 0 Å². The van der Waals surface area contributed by atoms with E-state index in [2.05, 4.69) is 0 Å². The van der Waals surface area contributed by atoms with Gasteiger partial charge in [0.15, 0.2) is 5.78 Å². The van der Waals surface area contributed by atoms with Crippen LogP contribution in [0.5, 0.6) is 5.75 Å². The molecule has 0 radical (unpaired) electrons. The summed E-state index contributed by atoms with van der Waals surface area (Å²) in [6, 6.07) is 3.79. The summed E-state index contributed by atoms with van der Waals surface area (Å²) in [5, 5.41) is 0. The van der Waals surface area contributed by atoms with Gasteiger partial charge in [-0.2, -0.15) is 0 Å². The van der Waals surface area contributed by atoms with Crippen molar-refractivity contribution in [1.82, 2.24) is 0 Å². The minimum atomic E-state index is -0.346. The zero-order valence-corrected chi connectivity index (χ0v) is 11.9. The first-order valence-corrected chi connectivity index (χ1v) is 6.36. The Balaban J connectivity index is 3.09. The lowest BCUT2D eigenvalue weighted by molar-refractivity contribution is 0.0443. The molecule has 0 N–H and O–H groups in total. The zero-order valence-electron chi connectivity index (χ0n) is 11.9. The van der Waals surface area contributed by atoms with Crippen molar-refractivity contribution in [2.45, 2.75) is 40.2 Å². The van der Waals surface area contributed by atoms with Gasteiger partial charge in [0.25, 0.3) is 0 Å². The Morgan fingerprint density at radius 2 is 1.89 bits per heavy atom. The molecule has 0 amide bonds. The summed E-state index contributed by atoms with van der Waals surface area (Å²) in [7, 11) is 1.64. The monoisotopic (exact) mass is 250 g/mol. The molecule has 100 valence electrons. The van der Waals surface area contributed by atoms with Crippen LogP contribution in [0.3, 0.4) is 0 Å². The summed E-state index contributed by atoms with van der Waals surface area (Å²) < 4.78 is 10.7. The third kappa shape index (κ3) is 3.10. The highest BCUT2D eigenvalue weighted by molar-refractivity contribution is 6.01. The number of hydrogen-bond donors (Lipinski definition) is 0. The van der Waals surface area contributed by atoms with Crippen molar-refractivity contribution in [2.24, 2.45) is 0 Å².